The van der Waals surface area contributed by atoms with Gasteiger partial charge in [-0.1, -0.05) is 72.8 Å². The van der Waals surface area contributed by atoms with Crippen molar-refractivity contribution in [3.63, 3.8) is 0 Å². The van der Waals surface area contributed by atoms with Crippen LogP contribution in [0.5, 0.6) is 0 Å². The molecule has 7 heteroatoms. The van der Waals surface area contributed by atoms with E-state index in [-0.39, 0.29) is 11.4 Å². The second kappa shape index (κ2) is 8.05. The number of aromatic nitrogens is 2. The monoisotopic (exact) mass is 433 g/mol. The van der Waals surface area contributed by atoms with E-state index in [4.69, 9.17) is 0 Å². The van der Waals surface area contributed by atoms with Crippen LogP contribution in [0, 0.1) is 4.91 Å². The van der Waals surface area contributed by atoms with Crippen molar-refractivity contribution in [2.45, 2.75) is 0 Å². The molecule has 5 aromatic rings. The van der Waals surface area contributed by atoms with Gasteiger partial charge in [0.05, 0.1) is 11.0 Å². The highest BCUT2D eigenvalue weighted by Gasteiger charge is 2.19. The number of pyridine rings is 2. The number of benzene rings is 3. The number of hydrogen-bond donors (Lipinski definition) is 1. The van der Waals surface area contributed by atoms with E-state index in [1.54, 1.807) is 0 Å². The summed E-state index contributed by atoms with van der Waals surface area (Å²) in [7, 11) is 0. The van der Waals surface area contributed by atoms with Crippen LogP contribution < -0.4 is 0 Å². The summed E-state index contributed by atoms with van der Waals surface area (Å²) in [6.45, 7) is 0. The molecule has 0 bridgehead atoms. The minimum absolute atomic E-state index is 0.132. The van der Waals surface area contributed by atoms with E-state index in [0.29, 0.717) is 32.9 Å². The van der Waals surface area contributed by atoms with Crippen molar-refractivity contribution < 1.29 is 14.7 Å². The molecule has 0 atom stereocenters. The van der Waals surface area contributed by atoms with Crippen LogP contribution in [0.2, 0.25) is 0 Å². The normalized spacial score (nSPS) is 10.9. The third kappa shape index (κ3) is 3.51. The maximum absolute atomic E-state index is 12.2. The summed E-state index contributed by atoms with van der Waals surface area (Å²) in [6.07, 6.45) is 0. The predicted octanol–water partition coefficient (Wildman–Crippen LogP) is 5.72. The van der Waals surface area contributed by atoms with Gasteiger partial charge in [-0.05, 0) is 34.4 Å². The fourth-order valence-corrected chi connectivity index (χ4v) is 3.95. The second-order valence-electron chi connectivity index (χ2n) is 7.40. The predicted molar refractivity (Wildman–Crippen MR) is 125 cm³/mol. The Kier molecular flexibility index (Phi) is 4.91. The molecule has 3 aromatic carbocycles. The minimum Gasteiger partial charge on any atom is -0.477 e. The average molecular weight is 433 g/mol. The highest BCUT2D eigenvalue weighted by atomic mass is 16.4. The third-order valence-corrected chi connectivity index (χ3v) is 5.45. The number of nitrogens with zero attached hydrogens (tertiary/aromatic N) is 3. The standard InChI is InChI=1S/C26H15N3O4/c30-25(29-33)21-13-19(15-7-3-1-4-8-15)17-11-12-18-20(16-9-5-2-6-10-16)14-22(26(31)32)28-24(18)23(17)27-21/h1-14H,(H,31,32). The lowest BCUT2D eigenvalue weighted by Crippen LogP contribution is -2.04. The second-order valence-corrected chi connectivity index (χ2v) is 7.40. The number of carboxylic acid groups (broad SMARTS) is 1. The molecular weight excluding hydrogens is 418 g/mol. The van der Waals surface area contributed by atoms with Gasteiger partial charge < -0.3 is 5.11 Å². The van der Waals surface area contributed by atoms with E-state index in [9.17, 15) is 19.6 Å². The first-order valence-electron chi connectivity index (χ1n) is 10.1. The molecule has 158 valence electrons. The van der Waals surface area contributed by atoms with Gasteiger partial charge in [0.25, 0.3) is 0 Å². The quantitative estimate of drug-likeness (QED) is 0.287. The molecule has 0 spiro atoms. The Morgan fingerprint density at radius 1 is 0.667 bits per heavy atom. The Balaban J connectivity index is 1.95. The molecule has 0 radical (unpaired) electrons. The highest BCUT2D eigenvalue weighted by molar-refractivity contribution is 6.14. The van der Waals surface area contributed by atoms with E-state index >= 15 is 0 Å². The fourth-order valence-electron chi connectivity index (χ4n) is 3.95. The molecule has 2 aromatic heterocycles. The molecule has 1 amide bonds. The number of nitroso groups, excluding NO2 is 1. The van der Waals surface area contributed by atoms with E-state index in [0.717, 1.165) is 11.1 Å². The Morgan fingerprint density at radius 3 is 1.58 bits per heavy atom. The first-order valence-corrected chi connectivity index (χ1v) is 10.1. The summed E-state index contributed by atoms with van der Waals surface area (Å²) >= 11 is 0. The molecule has 0 saturated heterocycles. The third-order valence-electron chi connectivity index (χ3n) is 5.45. The number of hydrogen-bond acceptors (Lipinski definition) is 5. The molecule has 7 nitrogen and oxygen atoms in total. The number of amides is 1. The van der Waals surface area contributed by atoms with Crippen molar-refractivity contribution in [2.24, 2.45) is 5.18 Å². The van der Waals surface area contributed by atoms with Crippen LogP contribution >= 0.6 is 0 Å². The average Bonchev–Trinajstić information content (AvgIpc) is 2.87. The number of fused-ring (bicyclic) bond motifs is 3. The number of rotatable bonds is 4. The van der Waals surface area contributed by atoms with Crippen LogP contribution in [0.3, 0.4) is 0 Å². The van der Waals surface area contributed by atoms with Crippen molar-refractivity contribution in [2.75, 3.05) is 0 Å². The van der Waals surface area contributed by atoms with Crippen molar-refractivity contribution in [3.8, 4) is 22.3 Å². The van der Waals surface area contributed by atoms with Gasteiger partial charge in [0, 0.05) is 15.9 Å². The van der Waals surface area contributed by atoms with Gasteiger partial charge in [0.1, 0.15) is 11.4 Å². The minimum atomic E-state index is -1.18. The Labute approximate surface area is 187 Å². The lowest BCUT2D eigenvalue weighted by Gasteiger charge is -2.13. The van der Waals surface area contributed by atoms with Crippen LogP contribution in [0.4, 0.5) is 0 Å². The molecule has 0 aliphatic heterocycles. The molecule has 2 heterocycles. The largest absolute Gasteiger partial charge is 0.477 e. The van der Waals surface area contributed by atoms with Gasteiger partial charge in [-0.15, -0.1) is 4.91 Å². The van der Waals surface area contributed by atoms with Crippen LogP contribution in [-0.4, -0.2) is 27.0 Å². The topological polar surface area (TPSA) is 110 Å². The Hall–Kier alpha value is -4.78. The van der Waals surface area contributed by atoms with Crippen LogP contribution in [-0.2, 0) is 0 Å². The van der Waals surface area contributed by atoms with Crippen molar-refractivity contribution >= 4 is 33.7 Å². The molecule has 0 unspecified atom stereocenters. The Bertz CT molecular complexity index is 1570. The van der Waals surface area contributed by atoms with Crippen LogP contribution in [0.1, 0.15) is 21.0 Å². The van der Waals surface area contributed by atoms with E-state index < -0.39 is 11.9 Å². The van der Waals surface area contributed by atoms with Gasteiger partial charge in [0.2, 0.25) is 0 Å². The first kappa shape index (κ1) is 20.1. The number of carbonyl (C=O) groups is 2. The zero-order valence-electron chi connectivity index (χ0n) is 17.1. The first-order chi connectivity index (χ1) is 16.1. The van der Waals surface area contributed by atoms with Gasteiger partial charge in [-0.2, -0.15) is 0 Å². The van der Waals surface area contributed by atoms with E-state index in [1.165, 1.54) is 12.1 Å². The fraction of sp³-hybridized carbons (Fsp3) is 0. The summed E-state index contributed by atoms with van der Waals surface area (Å²) in [6, 6.07) is 25.5. The molecule has 0 fully saturated rings. The van der Waals surface area contributed by atoms with Crippen molar-refractivity contribution in [1.82, 2.24) is 9.97 Å². The van der Waals surface area contributed by atoms with E-state index in [2.05, 4.69) is 15.1 Å². The summed E-state index contributed by atoms with van der Waals surface area (Å²) < 4.78 is 0. The molecule has 5 rings (SSSR count). The maximum Gasteiger partial charge on any atom is 0.354 e. The van der Waals surface area contributed by atoms with Crippen molar-refractivity contribution in [1.29, 1.82) is 0 Å². The molecule has 33 heavy (non-hydrogen) atoms. The zero-order chi connectivity index (χ0) is 22.9. The summed E-state index contributed by atoms with van der Waals surface area (Å²) in [5, 5.41) is 13.6. The van der Waals surface area contributed by atoms with Gasteiger partial charge >= 0.3 is 11.9 Å². The molecule has 1 N–H and O–H groups in total. The maximum atomic E-state index is 12.2. The van der Waals surface area contributed by atoms with Crippen molar-refractivity contribution in [3.05, 3.63) is 101 Å². The number of carbonyl (C=O) groups excluding carboxylic acids is 1. The summed E-state index contributed by atoms with van der Waals surface area (Å²) in [5.41, 5.74) is 3.32. The molecule has 0 aliphatic rings. The lowest BCUT2D eigenvalue weighted by molar-refractivity contribution is 0.0690. The van der Waals surface area contributed by atoms with Gasteiger partial charge in [-0.25, -0.2) is 14.8 Å². The lowest BCUT2D eigenvalue weighted by atomic mass is 9.95. The van der Waals surface area contributed by atoms with Crippen LogP contribution in [0.25, 0.3) is 44.1 Å². The SMILES string of the molecule is O=NC(=O)c1cc(-c2ccccc2)c2ccc3c(-c4ccccc4)cc(C(=O)O)nc3c2n1. The summed E-state index contributed by atoms with van der Waals surface area (Å²) in [5.74, 6) is -2.19. The molecule has 0 aliphatic carbocycles. The highest BCUT2D eigenvalue weighted by Crippen LogP contribution is 2.36. The Morgan fingerprint density at radius 2 is 1.12 bits per heavy atom. The zero-order valence-corrected chi connectivity index (χ0v) is 17.1. The van der Waals surface area contributed by atoms with Crippen LogP contribution in [0.15, 0.2) is 90.1 Å². The number of aromatic carboxylic acids is 1. The molecular formula is C26H15N3O4. The molecule has 0 saturated carbocycles. The number of carboxylic acids is 1. The van der Waals surface area contributed by atoms with E-state index in [1.807, 2.05) is 72.8 Å². The van der Waals surface area contributed by atoms with Gasteiger partial charge in [0.15, 0.2) is 0 Å². The van der Waals surface area contributed by atoms with Gasteiger partial charge in [-0.3, -0.25) is 4.79 Å². The smallest absolute Gasteiger partial charge is 0.354 e. The summed E-state index contributed by atoms with van der Waals surface area (Å²) in [4.78, 5) is 43.8.